The summed E-state index contributed by atoms with van der Waals surface area (Å²) in [5.74, 6) is 0.764. The van der Waals surface area contributed by atoms with Crippen molar-refractivity contribution in [1.82, 2.24) is 15.1 Å². The molecule has 0 radical (unpaired) electrons. The molecule has 0 saturated carbocycles. The molecule has 0 aromatic heterocycles. The monoisotopic (exact) mass is 241 g/mol. The molecule has 1 atom stereocenters. The second-order valence-electron chi connectivity index (χ2n) is 5.99. The van der Waals surface area contributed by atoms with Gasteiger partial charge in [0.05, 0.1) is 0 Å². The molecule has 0 aliphatic carbocycles. The summed E-state index contributed by atoms with van der Waals surface area (Å²) in [7, 11) is 4.52. The normalized spacial score (nSPS) is 22.6. The van der Waals surface area contributed by atoms with Crippen molar-refractivity contribution in [2.24, 2.45) is 5.92 Å². The molecular formula is C14H31N3. The van der Waals surface area contributed by atoms with Crippen LogP contribution in [0.2, 0.25) is 0 Å². The third-order valence-corrected chi connectivity index (χ3v) is 3.64. The van der Waals surface area contributed by atoms with E-state index in [0.29, 0.717) is 0 Å². The summed E-state index contributed by atoms with van der Waals surface area (Å²) in [6.07, 6.45) is 4.00. The lowest BCUT2D eigenvalue weighted by molar-refractivity contribution is 0.133. The summed E-state index contributed by atoms with van der Waals surface area (Å²) in [5.41, 5.74) is 0. The maximum atomic E-state index is 3.51. The lowest BCUT2D eigenvalue weighted by Gasteiger charge is -2.35. The summed E-state index contributed by atoms with van der Waals surface area (Å²) in [6, 6.07) is 0.777. The highest BCUT2D eigenvalue weighted by Crippen LogP contribution is 2.13. The van der Waals surface area contributed by atoms with Crippen molar-refractivity contribution < 1.29 is 0 Å². The Morgan fingerprint density at radius 3 is 2.82 bits per heavy atom. The number of nitrogens with one attached hydrogen (secondary N) is 1. The fourth-order valence-corrected chi connectivity index (χ4v) is 2.53. The minimum absolute atomic E-state index is 0.764. The summed E-state index contributed by atoms with van der Waals surface area (Å²) in [5, 5.41) is 3.51. The highest BCUT2D eigenvalue weighted by Gasteiger charge is 2.20. The summed E-state index contributed by atoms with van der Waals surface area (Å²) in [6.45, 7) is 10.6. The Bertz CT molecular complexity index is 194. The van der Waals surface area contributed by atoms with Crippen LogP contribution in [-0.4, -0.2) is 62.7 Å². The zero-order valence-corrected chi connectivity index (χ0v) is 12.2. The highest BCUT2D eigenvalue weighted by molar-refractivity contribution is 4.77. The van der Waals surface area contributed by atoms with Crippen LogP contribution in [0.15, 0.2) is 0 Å². The van der Waals surface area contributed by atoms with Gasteiger partial charge in [-0.3, -0.25) is 0 Å². The van der Waals surface area contributed by atoms with E-state index in [-0.39, 0.29) is 0 Å². The molecule has 0 aromatic rings. The molecular weight excluding hydrogens is 210 g/mol. The van der Waals surface area contributed by atoms with E-state index >= 15 is 0 Å². The predicted octanol–water partition coefficient (Wildman–Crippen LogP) is 1.65. The third-order valence-electron chi connectivity index (χ3n) is 3.64. The van der Waals surface area contributed by atoms with E-state index in [2.05, 4.69) is 43.1 Å². The zero-order chi connectivity index (χ0) is 12.7. The Morgan fingerprint density at radius 1 is 1.41 bits per heavy atom. The minimum Gasteiger partial charge on any atom is -0.316 e. The van der Waals surface area contributed by atoms with Crippen LogP contribution in [0.25, 0.3) is 0 Å². The fraction of sp³-hybridized carbons (Fsp3) is 1.00. The maximum absolute atomic E-state index is 3.51. The van der Waals surface area contributed by atoms with Gasteiger partial charge in [0.25, 0.3) is 0 Å². The van der Waals surface area contributed by atoms with Crippen LogP contribution < -0.4 is 5.32 Å². The van der Waals surface area contributed by atoms with Gasteiger partial charge in [-0.2, -0.15) is 0 Å². The topological polar surface area (TPSA) is 18.5 Å². The number of likely N-dealkylation sites (N-methyl/N-ethyl adjacent to an activating group) is 2. The van der Waals surface area contributed by atoms with Crippen molar-refractivity contribution in [3.63, 3.8) is 0 Å². The third kappa shape index (κ3) is 6.39. The molecule has 1 N–H and O–H groups in total. The maximum Gasteiger partial charge on any atom is 0.0220 e. The van der Waals surface area contributed by atoms with E-state index < -0.39 is 0 Å². The van der Waals surface area contributed by atoms with Crippen LogP contribution in [0.1, 0.15) is 33.1 Å². The Morgan fingerprint density at radius 2 is 2.18 bits per heavy atom. The first-order chi connectivity index (χ1) is 8.09. The summed E-state index contributed by atoms with van der Waals surface area (Å²) >= 11 is 0. The molecule has 3 nitrogen and oxygen atoms in total. The Kier molecular flexibility index (Phi) is 7.09. The molecule has 1 aliphatic rings. The van der Waals surface area contributed by atoms with Crippen LogP contribution in [0, 0.1) is 5.92 Å². The molecule has 1 heterocycles. The first kappa shape index (κ1) is 14.9. The van der Waals surface area contributed by atoms with Crippen molar-refractivity contribution in [1.29, 1.82) is 0 Å². The van der Waals surface area contributed by atoms with Crippen molar-refractivity contribution in [2.45, 2.75) is 39.2 Å². The molecule has 1 saturated heterocycles. The number of hydrogen-bond acceptors (Lipinski definition) is 3. The average Bonchev–Trinajstić information content (AvgIpc) is 2.28. The van der Waals surface area contributed by atoms with Gasteiger partial charge < -0.3 is 15.1 Å². The van der Waals surface area contributed by atoms with E-state index in [9.17, 15) is 0 Å². The van der Waals surface area contributed by atoms with Gasteiger partial charge >= 0.3 is 0 Å². The standard InChI is InChI=1S/C14H31N3/c1-13(2)11-15-8-6-10-17(4)14-7-5-9-16(3)12-14/h13-15H,5-12H2,1-4H3. The van der Waals surface area contributed by atoms with Crippen molar-refractivity contribution in [2.75, 3.05) is 46.8 Å². The second-order valence-corrected chi connectivity index (χ2v) is 5.99. The first-order valence-electron chi connectivity index (χ1n) is 7.19. The van der Waals surface area contributed by atoms with Crippen LogP contribution in [0.4, 0.5) is 0 Å². The van der Waals surface area contributed by atoms with Gasteiger partial charge in [0.15, 0.2) is 0 Å². The van der Waals surface area contributed by atoms with E-state index in [1.165, 1.54) is 38.9 Å². The van der Waals surface area contributed by atoms with E-state index in [0.717, 1.165) is 25.0 Å². The van der Waals surface area contributed by atoms with Crippen LogP contribution in [0.3, 0.4) is 0 Å². The quantitative estimate of drug-likeness (QED) is 0.684. The molecule has 17 heavy (non-hydrogen) atoms. The van der Waals surface area contributed by atoms with E-state index in [1.807, 2.05) is 0 Å². The van der Waals surface area contributed by atoms with Gasteiger partial charge in [-0.25, -0.2) is 0 Å². The first-order valence-corrected chi connectivity index (χ1v) is 7.19. The largest absolute Gasteiger partial charge is 0.316 e. The number of likely N-dealkylation sites (tertiary alicyclic amines) is 1. The van der Waals surface area contributed by atoms with Crippen LogP contribution >= 0.6 is 0 Å². The predicted molar refractivity (Wildman–Crippen MR) is 75.5 cm³/mol. The molecule has 1 fully saturated rings. The zero-order valence-electron chi connectivity index (χ0n) is 12.2. The number of nitrogens with zero attached hydrogens (tertiary/aromatic N) is 2. The Hall–Kier alpha value is -0.120. The Labute approximate surface area is 108 Å². The van der Waals surface area contributed by atoms with E-state index in [1.54, 1.807) is 0 Å². The summed E-state index contributed by atoms with van der Waals surface area (Å²) in [4.78, 5) is 5.01. The Balaban J connectivity index is 2.05. The molecule has 3 heteroatoms. The number of hydrogen-bond donors (Lipinski definition) is 1. The molecule has 0 bridgehead atoms. The molecule has 1 aliphatic heterocycles. The molecule has 0 amide bonds. The number of rotatable bonds is 7. The van der Waals surface area contributed by atoms with Crippen molar-refractivity contribution >= 4 is 0 Å². The van der Waals surface area contributed by atoms with Gasteiger partial charge in [-0.15, -0.1) is 0 Å². The SMILES string of the molecule is CC(C)CNCCCN(C)C1CCCN(C)C1. The average molecular weight is 241 g/mol. The van der Waals surface area contributed by atoms with Gasteiger partial charge in [-0.1, -0.05) is 13.8 Å². The second kappa shape index (κ2) is 8.06. The lowest BCUT2D eigenvalue weighted by Crippen LogP contribution is -2.45. The molecule has 102 valence electrons. The molecule has 0 spiro atoms. The minimum atomic E-state index is 0.764. The molecule has 1 unspecified atom stereocenters. The van der Waals surface area contributed by atoms with Crippen LogP contribution in [0.5, 0.6) is 0 Å². The summed E-state index contributed by atoms with van der Waals surface area (Å²) < 4.78 is 0. The van der Waals surface area contributed by atoms with Gasteiger partial charge in [-0.05, 0) is 65.5 Å². The lowest BCUT2D eigenvalue weighted by atomic mass is 10.1. The van der Waals surface area contributed by atoms with E-state index in [4.69, 9.17) is 0 Å². The number of piperidine rings is 1. The molecule has 1 rings (SSSR count). The highest BCUT2D eigenvalue weighted by atomic mass is 15.2. The van der Waals surface area contributed by atoms with Crippen LogP contribution in [-0.2, 0) is 0 Å². The molecule has 0 aromatic carbocycles. The fourth-order valence-electron chi connectivity index (χ4n) is 2.53. The van der Waals surface area contributed by atoms with Crippen molar-refractivity contribution in [3.05, 3.63) is 0 Å². The van der Waals surface area contributed by atoms with Gasteiger partial charge in [0, 0.05) is 12.6 Å². The van der Waals surface area contributed by atoms with Gasteiger partial charge in [0.2, 0.25) is 0 Å². The van der Waals surface area contributed by atoms with Gasteiger partial charge in [0.1, 0.15) is 0 Å². The smallest absolute Gasteiger partial charge is 0.0220 e. The van der Waals surface area contributed by atoms with Crippen molar-refractivity contribution in [3.8, 4) is 0 Å².